The van der Waals surface area contributed by atoms with Gasteiger partial charge in [0.15, 0.2) is 0 Å². The van der Waals surface area contributed by atoms with Crippen LogP contribution in [0.1, 0.15) is 11.1 Å². The highest BCUT2D eigenvalue weighted by Crippen LogP contribution is 2.30. The standard InChI is InChI=1S/C15H14BrFN2/c16-13-7-10(1-4-14(13)18)9-19-6-5-11-2-3-12(17)8-15(11)19/h1-4,7-8H,5-6,9,18H2. The van der Waals surface area contributed by atoms with Crippen molar-refractivity contribution < 1.29 is 4.39 Å². The predicted molar refractivity (Wildman–Crippen MR) is 79.7 cm³/mol. The Hall–Kier alpha value is -1.55. The third-order valence-corrected chi connectivity index (χ3v) is 4.16. The highest BCUT2D eigenvalue weighted by Gasteiger charge is 2.19. The van der Waals surface area contributed by atoms with Crippen molar-refractivity contribution in [3.05, 3.63) is 57.8 Å². The monoisotopic (exact) mass is 320 g/mol. The summed E-state index contributed by atoms with van der Waals surface area (Å²) in [7, 11) is 0. The molecule has 0 atom stereocenters. The van der Waals surface area contributed by atoms with E-state index in [9.17, 15) is 4.39 Å². The molecule has 2 nitrogen and oxygen atoms in total. The van der Waals surface area contributed by atoms with Gasteiger partial charge in [-0.05, 0) is 57.7 Å². The lowest BCUT2D eigenvalue weighted by Crippen LogP contribution is -2.19. The molecule has 0 unspecified atom stereocenters. The zero-order chi connectivity index (χ0) is 13.4. The van der Waals surface area contributed by atoms with Gasteiger partial charge in [0.05, 0.1) is 0 Å². The molecule has 0 aromatic heterocycles. The molecule has 0 saturated heterocycles. The van der Waals surface area contributed by atoms with E-state index in [0.29, 0.717) is 0 Å². The molecule has 2 aromatic carbocycles. The normalized spacial score (nSPS) is 13.7. The van der Waals surface area contributed by atoms with Gasteiger partial charge in [0.1, 0.15) is 5.82 Å². The Kier molecular flexibility index (Phi) is 3.19. The Balaban J connectivity index is 1.86. The maximum absolute atomic E-state index is 13.3. The van der Waals surface area contributed by atoms with Gasteiger partial charge in [0, 0.05) is 28.9 Å². The van der Waals surface area contributed by atoms with Crippen molar-refractivity contribution in [2.45, 2.75) is 13.0 Å². The summed E-state index contributed by atoms with van der Waals surface area (Å²) < 4.78 is 14.2. The number of nitrogens with two attached hydrogens (primary N) is 1. The highest BCUT2D eigenvalue weighted by atomic mass is 79.9. The minimum absolute atomic E-state index is 0.177. The Morgan fingerprint density at radius 2 is 2.05 bits per heavy atom. The molecule has 0 radical (unpaired) electrons. The molecule has 0 saturated carbocycles. The zero-order valence-corrected chi connectivity index (χ0v) is 12.0. The smallest absolute Gasteiger partial charge is 0.125 e. The number of hydrogen-bond donors (Lipinski definition) is 1. The van der Waals surface area contributed by atoms with Crippen LogP contribution >= 0.6 is 15.9 Å². The van der Waals surface area contributed by atoms with E-state index in [1.54, 1.807) is 6.07 Å². The first-order chi connectivity index (χ1) is 9.13. The molecule has 19 heavy (non-hydrogen) atoms. The van der Waals surface area contributed by atoms with E-state index in [0.717, 1.165) is 40.9 Å². The number of benzene rings is 2. The summed E-state index contributed by atoms with van der Waals surface area (Å²) in [6.07, 6.45) is 0.978. The number of hydrogen-bond acceptors (Lipinski definition) is 2. The topological polar surface area (TPSA) is 29.3 Å². The first kappa shape index (κ1) is 12.5. The van der Waals surface area contributed by atoms with Crippen molar-refractivity contribution in [3.8, 4) is 0 Å². The van der Waals surface area contributed by atoms with Crippen molar-refractivity contribution in [2.24, 2.45) is 0 Å². The van der Waals surface area contributed by atoms with Crippen LogP contribution in [0, 0.1) is 5.82 Å². The van der Waals surface area contributed by atoms with Gasteiger partial charge in [0.25, 0.3) is 0 Å². The Bertz CT molecular complexity index is 628. The van der Waals surface area contributed by atoms with E-state index in [4.69, 9.17) is 5.73 Å². The largest absolute Gasteiger partial charge is 0.398 e. The van der Waals surface area contributed by atoms with Gasteiger partial charge < -0.3 is 10.6 Å². The van der Waals surface area contributed by atoms with Crippen LogP contribution < -0.4 is 10.6 Å². The van der Waals surface area contributed by atoms with Crippen LogP contribution in [0.25, 0.3) is 0 Å². The SMILES string of the molecule is Nc1ccc(CN2CCc3ccc(F)cc32)cc1Br. The van der Waals surface area contributed by atoms with Crippen LogP contribution in [0.5, 0.6) is 0 Å². The average molecular weight is 321 g/mol. The molecular formula is C15H14BrFN2. The molecule has 3 rings (SSSR count). The van der Waals surface area contributed by atoms with Crippen LogP contribution in [0.4, 0.5) is 15.8 Å². The summed E-state index contributed by atoms with van der Waals surface area (Å²) in [5.41, 5.74) is 9.91. The summed E-state index contributed by atoms with van der Waals surface area (Å²) in [5, 5.41) is 0. The quantitative estimate of drug-likeness (QED) is 0.854. The van der Waals surface area contributed by atoms with Crippen LogP contribution in [0.2, 0.25) is 0 Å². The molecule has 2 aromatic rings. The van der Waals surface area contributed by atoms with Gasteiger partial charge in [-0.25, -0.2) is 4.39 Å². The second-order valence-corrected chi connectivity index (χ2v) is 5.65. The summed E-state index contributed by atoms with van der Waals surface area (Å²) in [6, 6.07) is 11.0. The van der Waals surface area contributed by atoms with Crippen molar-refractivity contribution in [2.75, 3.05) is 17.2 Å². The molecule has 0 bridgehead atoms. The van der Waals surface area contributed by atoms with E-state index in [2.05, 4.69) is 20.8 Å². The molecule has 0 aliphatic carbocycles. The van der Waals surface area contributed by atoms with Gasteiger partial charge >= 0.3 is 0 Å². The lowest BCUT2D eigenvalue weighted by Gasteiger charge is -2.20. The second kappa shape index (κ2) is 4.85. The molecular weight excluding hydrogens is 307 g/mol. The summed E-state index contributed by atoms with van der Waals surface area (Å²) in [6.45, 7) is 1.70. The van der Waals surface area contributed by atoms with Gasteiger partial charge in [-0.2, -0.15) is 0 Å². The maximum atomic E-state index is 13.3. The summed E-state index contributed by atoms with van der Waals surface area (Å²) in [4.78, 5) is 2.20. The van der Waals surface area contributed by atoms with Crippen molar-refractivity contribution in [1.29, 1.82) is 0 Å². The van der Waals surface area contributed by atoms with Crippen LogP contribution in [-0.4, -0.2) is 6.54 Å². The zero-order valence-electron chi connectivity index (χ0n) is 10.4. The predicted octanol–water partition coefficient (Wildman–Crippen LogP) is 3.73. The summed E-state index contributed by atoms with van der Waals surface area (Å²) in [5.74, 6) is -0.177. The van der Waals surface area contributed by atoms with E-state index in [1.807, 2.05) is 24.3 Å². The first-order valence-corrected chi connectivity index (χ1v) is 7.00. The van der Waals surface area contributed by atoms with Crippen molar-refractivity contribution in [1.82, 2.24) is 0 Å². The molecule has 0 amide bonds. The molecule has 98 valence electrons. The van der Waals surface area contributed by atoms with Gasteiger partial charge in [-0.15, -0.1) is 0 Å². The molecule has 1 aliphatic heterocycles. The molecule has 4 heteroatoms. The number of halogens is 2. The number of rotatable bonds is 2. The number of fused-ring (bicyclic) bond motifs is 1. The van der Waals surface area contributed by atoms with E-state index < -0.39 is 0 Å². The van der Waals surface area contributed by atoms with Crippen molar-refractivity contribution in [3.63, 3.8) is 0 Å². The third kappa shape index (κ3) is 2.45. The molecule has 0 spiro atoms. The van der Waals surface area contributed by atoms with E-state index >= 15 is 0 Å². The minimum atomic E-state index is -0.177. The first-order valence-electron chi connectivity index (χ1n) is 6.21. The van der Waals surface area contributed by atoms with Crippen LogP contribution in [-0.2, 0) is 13.0 Å². The fourth-order valence-corrected chi connectivity index (χ4v) is 2.90. The van der Waals surface area contributed by atoms with Crippen LogP contribution in [0.15, 0.2) is 40.9 Å². The third-order valence-electron chi connectivity index (χ3n) is 3.48. The number of anilines is 2. The van der Waals surface area contributed by atoms with Crippen molar-refractivity contribution >= 4 is 27.3 Å². The van der Waals surface area contributed by atoms with Gasteiger partial charge in [-0.1, -0.05) is 12.1 Å². The Morgan fingerprint density at radius 1 is 1.21 bits per heavy atom. The fraction of sp³-hybridized carbons (Fsp3) is 0.200. The minimum Gasteiger partial charge on any atom is -0.398 e. The van der Waals surface area contributed by atoms with Gasteiger partial charge in [0.2, 0.25) is 0 Å². The molecule has 0 fully saturated rings. The summed E-state index contributed by atoms with van der Waals surface area (Å²) >= 11 is 3.44. The van der Waals surface area contributed by atoms with Gasteiger partial charge in [-0.3, -0.25) is 0 Å². The lowest BCUT2D eigenvalue weighted by atomic mass is 10.1. The average Bonchev–Trinajstić information content (AvgIpc) is 2.77. The fourth-order valence-electron chi connectivity index (χ4n) is 2.47. The number of nitrogens with zero attached hydrogens (tertiary/aromatic N) is 1. The Morgan fingerprint density at radius 3 is 2.84 bits per heavy atom. The second-order valence-electron chi connectivity index (χ2n) is 4.80. The molecule has 2 N–H and O–H groups in total. The lowest BCUT2D eigenvalue weighted by molar-refractivity contribution is 0.627. The molecule has 1 aliphatic rings. The highest BCUT2D eigenvalue weighted by molar-refractivity contribution is 9.10. The van der Waals surface area contributed by atoms with E-state index in [1.165, 1.54) is 11.6 Å². The molecule has 1 heterocycles. The Labute approximate surface area is 120 Å². The number of nitrogen functional groups attached to an aromatic ring is 1. The maximum Gasteiger partial charge on any atom is 0.125 e. The van der Waals surface area contributed by atoms with E-state index in [-0.39, 0.29) is 5.82 Å². The van der Waals surface area contributed by atoms with Crippen LogP contribution in [0.3, 0.4) is 0 Å².